The zero-order valence-corrected chi connectivity index (χ0v) is 15.8. The molecule has 2 atom stereocenters. The van der Waals surface area contributed by atoms with Gasteiger partial charge >= 0.3 is 5.97 Å². The maximum Gasteiger partial charge on any atom is 0.314 e. The summed E-state index contributed by atoms with van der Waals surface area (Å²) in [7, 11) is 0. The molecule has 148 valence electrons. The van der Waals surface area contributed by atoms with E-state index in [4.69, 9.17) is 0 Å². The van der Waals surface area contributed by atoms with Gasteiger partial charge in [0.05, 0.1) is 12.5 Å². The number of aromatic amines is 1. The van der Waals surface area contributed by atoms with Crippen molar-refractivity contribution >= 4 is 11.9 Å². The molecule has 0 radical (unpaired) electrons. The van der Waals surface area contributed by atoms with Crippen LogP contribution in [-0.2, 0) is 22.4 Å². The van der Waals surface area contributed by atoms with Crippen LogP contribution < -0.4 is 5.56 Å². The second-order valence-corrected chi connectivity index (χ2v) is 7.84. The number of aliphatic hydroxyl groups is 1. The van der Waals surface area contributed by atoms with Crippen molar-refractivity contribution in [2.24, 2.45) is 11.3 Å². The van der Waals surface area contributed by atoms with Crippen molar-refractivity contribution in [1.82, 2.24) is 14.9 Å². The number of H-pyrrole nitrogens is 1. The predicted molar refractivity (Wildman–Crippen MR) is 97.3 cm³/mol. The van der Waals surface area contributed by atoms with Crippen LogP contribution >= 0.6 is 0 Å². The van der Waals surface area contributed by atoms with Gasteiger partial charge in [-0.2, -0.15) is 0 Å². The minimum atomic E-state index is -1.32. The fraction of sp³-hybridized carbons (Fsp3) is 0.684. The topological polar surface area (TPSA) is 124 Å². The van der Waals surface area contributed by atoms with E-state index in [2.05, 4.69) is 9.97 Å². The molecular formula is C19H27N3O5. The first-order chi connectivity index (χ1) is 12.8. The highest BCUT2D eigenvalue weighted by Crippen LogP contribution is 2.45. The van der Waals surface area contributed by atoms with Crippen LogP contribution in [0.25, 0.3) is 0 Å². The van der Waals surface area contributed by atoms with Crippen molar-refractivity contribution in [3.8, 4) is 0 Å². The molecule has 1 saturated carbocycles. The Morgan fingerprint density at radius 1 is 1.33 bits per heavy atom. The summed E-state index contributed by atoms with van der Waals surface area (Å²) in [5, 5.41) is 20.2. The number of hydrogen-bond acceptors (Lipinski definition) is 5. The number of amides is 1. The Kier molecular flexibility index (Phi) is 5.37. The maximum absolute atomic E-state index is 12.8. The zero-order valence-electron chi connectivity index (χ0n) is 15.8. The number of aliphatic hydroxyl groups excluding tert-OH is 1. The largest absolute Gasteiger partial charge is 0.481 e. The van der Waals surface area contributed by atoms with Gasteiger partial charge in [0.1, 0.15) is 11.2 Å². The summed E-state index contributed by atoms with van der Waals surface area (Å²) >= 11 is 0. The number of nitrogens with one attached hydrogen (secondary N) is 1. The van der Waals surface area contributed by atoms with Crippen LogP contribution in [0, 0.1) is 18.3 Å². The van der Waals surface area contributed by atoms with Gasteiger partial charge in [-0.05, 0) is 25.7 Å². The molecule has 8 heteroatoms. The molecule has 2 heterocycles. The summed E-state index contributed by atoms with van der Waals surface area (Å²) in [4.78, 5) is 45.6. The van der Waals surface area contributed by atoms with Gasteiger partial charge in [0.2, 0.25) is 5.91 Å². The summed E-state index contributed by atoms with van der Waals surface area (Å²) in [6, 6.07) is 0. The predicted octanol–water partition coefficient (Wildman–Crippen LogP) is 0.648. The van der Waals surface area contributed by atoms with Gasteiger partial charge in [-0.25, -0.2) is 4.98 Å². The van der Waals surface area contributed by atoms with Crippen LogP contribution in [-0.4, -0.2) is 56.2 Å². The second kappa shape index (κ2) is 7.42. The van der Waals surface area contributed by atoms with E-state index in [1.807, 2.05) is 6.92 Å². The highest BCUT2D eigenvalue weighted by atomic mass is 16.4. The molecule has 1 amide bonds. The molecular weight excluding hydrogens is 350 g/mol. The van der Waals surface area contributed by atoms with E-state index in [-0.39, 0.29) is 37.4 Å². The van der Waals surface area contributed by atoms with Crippen LogP contribution in [0.15, 0.2) is 4.79 Å². The summed E-state index contributed by atoms with van der Waals surface area (Å²) in [5.74, 6) is -0.476. The molecule has 3 rings (SSSR count). The Bertz CT molecular complexity index is 801. The fourth-order valence-corrected chi connectivity index (χ4v) is 3.93. The molecule has 1 aliphatic carbocycles. The van der Waals surface area contributed by atoms with Crippen LogP contribution in [0.3, 0.4) is 0 Å². The number of hydrogen-bond donors (Lipinski definition) is 3. The number of aryl methyl sites for hydroxylation is 2. The summed E-state index contributed by atoms with van der Waals surface area (Å²) < 4.78 is 0. The maximum atomic E-state index is 12.8. The molecule has 8 nitrogen and oxygen atoms in total. The average Bonchev–Trinajstić information content (AvgIpc) is 3.43. The third kappa shape index (κ3) is 3.90. The molecule has 1 aliphatic heterocycles. The molecule has 0 spiro atoms. The Morgan fingerprint density at radius 2 is 2.04 bits per heavy atom. The van der Waals surface area contributed by atoms with Gasteiger partial charge in [-0.15, -0.1) is 0 Å². The molecule has 27 heavy (non-hydrogen) atoms. The molecule has 1 saturated heterocycles. The van der Waals surface area contributed by atoms with Gasteiger partial charge in [-0.1, -0.05) is 19.8 Å². The van der Waals surface area contributed by atoms with E-state index in [1.54, 1.807) is 6.92 Å². The van der Waals surface area contributed by atoms with Gasteiger partial charge in [0.15, 0.2) is 0 Å². The number of carboxylic acids is 1. The van der Waals surface area contributed by atoms with Gasteiger partial charge in [-0.3, -0.25) is 14.4 Å². The van der Waals surface area contributed by atoms with Crippen molar-refractivity contribution in [2.75, 3.05) is 13.1 Å². The van der Waals surface area contributed by atoms with Crippen LogP contribution in [0.1, 0.15) is 49.7 Å². The van der Waals surface area contributed by atoms with Crippen molar-refractivity contribution in [3.05, 3.63) is 27.4 Å². The molecule has 2 fully saturated rings. The summed E-state index contributed by atoms with van der Waals surface area (Å²) in [5.41, 5.74) is -0.817. The quantitative estimate of drug-likeness (QED) is 0.669. The molecule has 3 N–H and O–H groups in total. The Labute approximate surface area is 157 Å². The van der Waals surface area contributed by atoms with E-state index in [0.717, 1.165) is 12.8 Å². The van der Waals surface area contributed by atoms with Crippen molar-refractivity contribution in [2.45, 2.75) is 58.5 Å². The Morgan fingerprint density at radius 3 is 2.59 bits per heavy atom. The van der Waals surface area contributed by atoms with Gasteiger partial charge in [0.25, 0.3) is 5.56 Å². The molecule has 0 aromatic carbocycles. The van der Waals surface area contributed by atoms with Crippen molar-refractivity contribution < 1.29 is 19.8 Å². The number of aliphatic carboxylic acids is 1. The highest BCUT2D eigenvalue weighted by Gasteiger charge is 2.52. The lowest BCUT2D eigenvalue weighted by atomic mass is 9.73. The number of piperidine rings is 1. The van der Waals surface area contributed by atoms with E-state index in [1.165, 1.54) is 4.90 Å². The van der Waals surface area contributed by atoms with Crippen LogP contribution in [0.4, 0.5) is 0 Å². The SMILES string of the molecule is CCc1nc(C)c(CC(=O)N2CC[C@@H](O)[C@](CC3CC3)(C(=O)O)C2)c(=O)[nH]1. The van der Waals surface area contributed by atoms with Crippen LogP contribution in [0.5, 0.6) is 0 Å². The molecule has 0 bridgehead atoms. The average molecular weight is 377 g/mol. The number of carboxylic acid groups (broad SMARTS) is 1. The van der Waals surface area contributed by atoms with Gasteiger partial charge in [0, 0.05) is 30.8 Å². The number of nitrogens with zero attached hydrogens (tertiary/aromatic N) is 2. The van der Waals surface area contributed by atoms with Crippen LogP contribution in [0.2, 0.25) is 0 Å². The van der Waals surface area contributed by atoms with E-state index < -0.39 is 17.5 Å². The smallest absolute Gasteiger partial charge is 0.314 e. The molecule has 1 aromatic heterocycles. The Hall–Kier alpha value is -2.22. The number of carbonyl (C=O) groups is 2. The number of rotatable bonds is 6. The third-order valence-electron chi connectivity index (χ3n) is 5.85. The lowest BCUT2D eigenvalue weighted by molar-refractivity contribution is -0.167. The Balaban J connectivity index is 1.79. The zero-order chi connectivity index (χ0) is 19.8. The summed E-state index contributed by atoms with van der Waals surface area (Å²) in [6.07, 6.45) is 2.08. The molecule has 2 aliphatic rings. The lowest BCUT2D eigenvalue weighted by Crippen LogP contribution is -2.57. The first-order valence-corrected chi connectivity index (χ1v) is 9.54. The second-order valence-electron chi connectivity index (χ2n) is 7.84. The first-order valence-electron chi connectivity index (χ1n) is 9.54. The lowest BCUT2D eigenvalue weighted by Gasteiger charge is -2.43. The highest BCUT2D eigenvalue weighted by molar-refractivity contribution is 5.82. The summed E-state index contributed by atoms with van der Waals surface area (Å²) in [6.45, 7) is 3.85. The van der Waals surface area contributed by atoms with E-state index in [0.29, 0.717) is 35.8 Å². The first kappa shape index (κ1) is 19.5. The van der Waals surface area contributed by atoms with Crippen molar-refractivity contribution in [3.63, 3.8) is 0 Å². The normalized spacial score (nSPS) is 25.4. The minimum absolute atomic E-state index is 0.0176. The molecule has 1 aromatic rings. The number of aromatic nitrogens is 2. The monoisotopic (exact) mass is 377 g/mol. The van der Waals surface area contributed by atoms with E-state index >= 15 is 0 Å². The minimum Gasteiger partial charge on any atom is -0.481 e. The third-order valence-corrected chi connectivity index (χ3v) is 5.85. The number of likely N-dealkylation sites (tertiary alicyclic amines) is 1. The van der Waals surface area contributed by atoms with E-state index in [9.17, 15) is 24.6 Å². The fourth-order valence-electron chi connectivity index (χ4n) is 3.93. The van der Waals surface area contributed by atoms with Gasteiger partial charge < -0.3 is 20.1 Å². The van der Waals surface area contributed by atoms with Crippen molar-refractivity contribution in [1.29, 1.82) is 0 Å². The molecule has 0 unspecified atom stereocenters. The standard InChI is InChI=1S/C19H27N3O5/c1-3-15-20-11(2)13(17(25)21-15)8-16(24)22-7-6-14(23)19(10-22,18(26)27)9-12-4-5-12/h12,14,23H,3-10H2,1-2H3,(H,26,27)(H,20,21,25)/t14-,19-/m1/s1. The number of carbonyl (C=O) groups excluding carboxylic acids is 1.